The number of nitrogens with one attached hydrogen (secondary N) is 1. The number of carbonyl (C=O) groups excluding carboxylic acids is 3. The molecule has 148 valence electrons. The van der Waals surface area contributed by atoms with Crippen molar-refractivity contribution in [2.24, 2.45) is 0 Å². The number of nitro groups is 1. The van der Waals surface area contributed by atoms with Crippen molar-refractivity contribution in [3.05, 3.63) is 62.7 Å². The first-order valence-electron chi connectivity index (χ1n) is 7.95. The number of hydrogen-bond donors (Lipinski definition) is 2. The number of barbiturate groups is 1. The van der Waals surface area contributed by atoms with Crippen LogP contribution in [0.4, 0.5) is 16.2 Å². The smallest absolute Gasteiger partial charge is 0.335 e. The molecule has 0 atom stereocenters. The van der Waals surface area contributed by atoms with Crippen molar-refractivity contribution in [3.8, 4) is 11.5 Å². The predicted octanol–water partition coefficient (Wildman–Crippen LogP) is 2.63. The SMILES string of the molecule is COc1cc(/C=C2\C(=O)NC(=O)N(c3ccc([N+](=O)[O-])cc3)C2=O)cc(Cl)c1O. The maximum absolute atomic E-state index is 12.8. The molecule has 11 heteroatoms. The summed E-state index contributed by atoms with van der Waals surface area (Å²) in [6.07, 6.45) is 1.18. The number of halogens is 1. The first-order valence-corrected chi connectivity index (χ1v) is 8.33. The monoisotopic (exact) mass is 417 g/mol. The van der Waals surface area contributed by atoms with Crippen molar-refractivity contribution in [2.45, 2.75) is 0 Å². The first kappa shape index (κ1) is 19.8. The number of ether oxygens (including phenoxy) is 1. The molecule has 0 spiro atoms. The highest BCUT2D eigenvalue weighted by molar-refractivity contribution is 6.39. The van der Waals surface area contributed by atoms with Gasteiger partial charge in [-0.05, 0) is 35.9 Å². The van der Waals surface area contributed by atoms with Crippen LogP contribution in [0.1, 0.15) is 5.56 Å². The summed E-state index contributed by atoms with van der Waals surface area (Å²) in [7, 11) is 1.30. The average Bonchev–Trinajstić information content (AvgIpc) is 2.68. The van der Waals surface area contributed by atoms with Gasteiger partial charge in [0.1, 0.15) is 5.57 Å². The molecule has 0 unspecified atom stereocenters. The van der Waals surface area contributed by atoms with Gasteiger partial charge >= 0.3 is 6.03 Å². The lowest BCUT2D eigenvalue weighted by Gasteiger charge is -2.26. The van der Waals surface area contributed by atoms with Crippen LogP contribution in [-0.2, 0) is 9.59 Å². The number of hydrogen-bond acceptors (Lipinski definition) is 7. The summed E-state index contributed by atoms with van der Waals surface area (Å²) >= 11 is 5.91. The van der Waals surface area contributed by atoms with E-state index in [2.05, 4.69) is 0 Å². The molecule has 0 bridgehead atoms. The Morgan fingerprint density at radius 1 is 1.21 bits per heavy atom. The van der Waals surface area contributed by atoms with Gasteiger partial charge in [-0.1, -0.05) is 11.6 Å². The topological polar surface area (TPSA) is 139 Å². The molecule has 0 saturated carbocycles. The third kappa shape index (κ3) is 3.73. The van der Waals surface area contributed by atoms with Crippen molar-refractivity contribution >= 4 is 46.9 Å². The summed E-state index contributed by atoms with van der Waals surface area (Å²) in [6, 6.07) is 6.33. The summed E-state index contributed by atoms with van der Waals surface area (Å²) < 4.78 is 4.98. The van der Waals surface area contributed by atoms with Crippen molar-refractivity contribution < 1.29 is 29.2 Å². The molecule has 1 aliphatic heterocycles. The van der Waals surface area contributed by atoms with Crippen molar-refractivity contribution in [1.29, 1.82) is 0 Å². The van der Waals surface area contributed by atoms with Crippen LogP contribution in [0.5, 0.6) is 11.5 Å². The van der Waals surface area contributed by atoms with Gasteiger partial charge < -0.3 is 9.84 Å². The lowest BCUT2D eigenvalue weighted by Crippen LogP contribution is -2.54. The van der Waals surface area contributed by atoms with E-state index in [1.165, 1.54) is 37.5 Å². The molecule has 2 aromatic carbocycles. The number of nitro benzene ring substituents is 1. The summed E-state index contributed by atoms with van der Waals surface area (Å²) in [5.74, 6) is -2.15. The third-order valence-electron chi connectivity index (χ3n) is 4.00. The van der Waals surface area contributed by atoms with Crippen LogP contribution in [0.15, 0.2) is 42.0 Å². The zero-order chi connectivity index (χ0) is 21.3. The predicted molar refractivity (Wildman–Crippen MR) is 102 cm³/mol. The Kier molecular flexibility index (Phi) is 5.20. The van der Waals surface area contributed by atoms with E-state index in [4.69, 9.17) is 16.3 Å². The van der Waals surface area contributed by atoms with Gasteiger partial charge in [0.2, 0.25) is 0 Å². The number of anilines is 1. The van der Waals surface area contributed by atoms with Crippen LogP contribution in [0.25, 0.3) is 6.08 Å². The lowest BCUT2D eigenvalue weighted by molar-refractivity contribution is -0.384. The quantitative estimate of drug-likeness (QED) is 0.337. The number of phenols is 1. The van der Waals surface area contributed by atoms with Crippen LogP contribution in [0.2, 0.25) is 5.02 Å². The lowest BCUT2D eigenvalue weighted by atomic mass is 10.1. The van der Waals surface area contributed by atoms with Crippen LogP contribution < -0.4 is 15.0 Å². The number of aromatic hydroxyl groups is 1. The number of nitrogens with zero attached hydrogens (tertiary/aromatic N) is 2. The first-order chi connectivity index (χ1) is 13.7. The zero-order valence-electron chi connectivity index (χ0n) is 14.7. The largest absolute Gasteiger partial charge is 0.503 e. The van der Waals surface area contributed by atoms with Gasteiger partial charge in [0.25, 0.3) is 17.5 Å². The number of methoxy groups -OCH3 is 1. The normalized spacial score (nSPS) is 15.4. The maximum atomic E-state index is 12.8. The molecule has 2 aromatic rings. The van der Waals surface area contributed by atoms with Crippen molar-refractivity contribution in [2.75, 3.05) is 12.0 Å². The molecule has 4 amide bonds. The molecule has 1 fully saturated rings. The molecular weight excluding hydrogens is 406 g/mol. The van der Waals surface area contributed by atoms with E-state index >= 15 is 0 Å². The second kappa shape index (κ2) is 7.60. The average molecular weight is 418 g/mol. The second-order valence-electron chi connectivity index (χ2n) is 5.78. The van der Waals surface area contributed by atoms with Crippen LogP contribution in [0, 0.1) is 10.1 Å². The minimum absolute atomic E-state index is 0.0244. The maximum Gasteiger partial charge on any atom is 0.335 e. The summed E-state index contributed by atoms with van der Waals surface area (Å²) in [5, 5.41) is 22.5. The van der Waals surface area contributed by atoms with Crippen LogP contribution in [0.3, 0.4) is 0 Å². The van der Waals surface area contributed by atoms with Gasteiger partial charge in [-0.15, -0.1) is 0 Å². The van der Waals surface area contributed by atoms with E-state index in [0.717, 1.165) is 12.1 Å². The number of non-ortho nitro benzene ring substituents is 1. The van der Waals surface area contributed by atoms with E-state index < -0.39 is 22.8 Å². The van der Waals surface area contributed by atoms with Gasteiger partial charge in [-0.2, -0.15) is 0 Å². The number of rotatable bonds is 4. The molecule has 3 rings (SSSR count). The molecule has 0 aromatic heterocycles. The Hall–Kier alpha value is -3.92. The van der Waals surface area contributed by atoms with Gasteiger partial charge in [0.05, 0.1) is 22.7 Å². The number of imide groups is 2. The summed E-state index contributed by atoms with van der Waals surface area (Å²) in [4.78, 5) is 48.0. The molecule has 0 aliphatic carbocycles. The fourth-order valence-corrected chi connectivity index (χ4v) is 2.83. The molecule has 1 heterocycles. The molecule has 29 heavy (non-hydrogen) atoms. The van der Waals surface area contributed by atoms with E-state index in [-0.39, 0.29) is 39.0 Å². The summed E-state index contributed by atoms with van der Waals surface area (Å²) in [5.41, 5.74) is -0.304. The van der Waals surface area contributed by atoms with Crippen molar-refractivity contribution in [3.63, 3.8) is 0 Å². The Bertz CT molecular complexity index is 1080. The standard InChI is InChI=1S/C18H12ClN3O7/c1-29-14-8-9(7-13(19)15(14)23)6-12-16(24)20-18(26)21(17(12)25)10-2-4-11(5-3-10)22(27)28/h2-8,23H,1H3,(H,20,24,26)/b12-6+. The Balaban J connectivity index is 2.02. The molecule has 0 radical (unpaired) electrons. The van der Waals surface area contributed by atoms with Gasteiger partial charge in [0.15, 0.2) is 11.5 Å². The van der Waals surface area contributed by atoms with Crippen LogP contribution >= 0.6 is 11.6 Å². The fourth-order valence-electron chi connectivity index (χ4n) is 2.61. The minimum atomic E-state index is -0.993. The van der Waals surface area contributed by atoms with E-state index in [0.29, 0.717) is 4.90 Å². The van der Waals surface area contributed by atoms with Gasteiger partial charge in [-0.3, -0.25) is 25.0 Å². The minimum Gasteiger partial charge on any atom is -0.503 e. The van der Waals surface area contributed by atoms with E-state index in [1.54, 1.807) is 0 Å². The highest BCUT2D eigenvalue weighted by Gasteiger charge is 2.37. The molecule has 2 N–H and O–H groups in total. The molecular formula is C18H12ClN3O7. The second-order valence-corrected chi connectivity index (χ2v) is 6.19. The van der Waals surface area contributed by atoms with Crippen molar-refractivity contribution in [1.82, 2.24) is 5.32 Å². The highest BCUT2D eigenvalue weighted by Crippen LogP contribution is 2.36. The zero-order valence-corrected chi connectivity index (χ0v) is 15.5. The van der Waals surface area contributed by atoms with E-state index in [9.17, 15) is 29.6 Å². The number of amides is 4. The van der Waals surface area contributed by atoms with Gasteiger partial charge in [-0.25, -0.2) is 9.69 Å². The Labute approximate surface area is 168 Å². The highest BCUT2D eigenvalue weighted by atomic mass is 35.5. The third-order valence-corrected chi connectivity index (χ3v) is 4.29. The Morgan fingerprint density at radius 2 is 1.86 bits per heavy atom. The summed E-state index contributed by atoms with van der Waals surface area (Å²) in [6.45, 7) is 0. The fraction of sp³-hybridized carbons (Fsp3) is 0.0556. The van der Waals surface area contributed by atoms with Gasteiger partial charge in [0, 0.05) is 12.1 Å². The molecule has 10 nitrogen and oxygen atoms in total. The van der Waals surface area contributed by atoms with E-state index in [1.807, 2.05) is 5.32 Å². The number of carbonyl (C=O) groups is 3. The Morgan fingerprint density at radius 3 is 2.45 bits per heavy atom. The number of phenolic OH excluding ortho intramolecular Hbond substituents is 1. The molecule has 1 saturated heterocycles. The number of urea groups is 1. The van der Waals surface area contributed by atoms with Crippen LogP contribution in [-0.4, -0.2) is 35.0 Å². The number of benzene rings is 2. The molecule has 1 aliphatic rings.